The molecule has 3 heterocycles. The van der Waals surface area contributed by atoms with Crippen molar-refractivity contribution in [2.75, 3.05) is 29.9 Å². The highest BCUT2D eigenvalue weighted by Crippen LogP contribution is 2.36. The summed E-state index contributed by atoms with van der Waals surface area (Å²) < 4.78 is 0. The van der Waals surface area contributed by atoms with Crippen LogP contribution in [-0.2, 0) is 4.79 Å². The van der Waals surface area contributed by atoms with Crippen molar-refractivity contribution in [3.8, 4) is 17.0 Å². The van der Waals surface area contributed by atoms with E-state index in [1.807, 2.05) is 4.90 Å². The zero-order chi connectivity index (χ0) is 17.6. The van der Waals surface area contributed by atoms with Crippen LogP contribution >= 0.6 is 0 Å². The normalized spacial score (nSPS) is 19.0. The summed E-state index contributed by atoms with van der Waals surface area (Å²) in [5, 5.41) is 30.0. The Bertz CT molecular complexity index is 871. The van der Waals surface area contributed by atoms with Crippen molar-refractivity contribution in [3.05, 3.63) is 30.3 Å². The molecule has 1 aromatic carbocycles. The molecule has 0 aliphatic carbocycles. The van der Waals surface area contributed by atoms with E-state index in [4.69, 9.17) is 5.11 Å². The van der Waals surface area contributed by atoms with Crippen LogP contribution in [0.25, 0.3) is 11.3 Å². The minimum Gasteiger partial charge on any atom is -0.507 e. The number of benzene rings is 1. The quantitative estimate of drug-likeness (QED) is 0.707. The predicted octanol–water partition coefficient (Wildman–Crippen LogP) is 0.970. The molecule has 25 heavy (non-hydrogen) atoms. The molecular formula is C16H15N5O4. The Morgan fingerprint density at radius 3 is 2.80 bits per heavy atom. The van der Waals surface area contributed by atoms with Crippen molar-refractivity contribution in [3.63, 3.8) is 0 Å². The molecule has 1 saturated heterocycles. The van der Waals surface area contributed by atoms with E-state index in [-0.39, 0.29) is 18.2 Å². The van der Waals surface area contributed by atoms with Gasteiger partial charge in [-0.2, -0.15) is 0 Å². The van der Waals surface area contributed by atoms with E-state index >= 15 is 0 Å². The van der Waals surface area contributed by atoms with Gasteiger partial charge in [0.15, 0.2) is 5.82 Å². The number of aromatic nitrogens is 2. The lowest BCUT2D eigenvalue weighted by atomic mass is 10.1. The van der Waals surface area contributed by atoms with E-state index in [1.165, 1.54) is 4.90 Å². The first-order valence-corrected chi connectivity index (χ1v) is 7.76. The minimum atomic E-state index is -1.04. The van der Waals surface area contributed by atoms with Gasteiger partial charge >= 0.3 is 6.09 Å². The molecule has 3 N–H and O–H groups in total. The van der Waals surface area contributed by atoms with Crippen LogP contribution in [0.15, 0.2) is 30.3 Å². The molecule has 128 valence electrons. The standard InChI is InChI=1S/C16H15N5O4/c22-13-4-2-1-3-9(13)10-7-11-14(19-18-10)17-15(23)12-8-20(16(24)25)5-6-21(11)12/h1-4,7,12,22H,5-6,8H2,(H,24,25)(H,17,19,23)/t12-/m0/s1. The number of aromatic hydroxyl groups is 1. The third-order valence-electron chi connectivity index (χ3n) is 4.46. The first-order chi connectivity index (χ1) is 12.0. The van der Waals surface area contributed by atoms with E-state index in [9.17, 15) is 14.7 Å². The van der Waals surface area contributed by atoms with Gasteiger partial charge in [-0.3, -0.25) is 4.79 Å². The molecule has 1 atom stereocenters. The fourth-order valence-electron chi connectivity index (χ4n) is 3.18. The molecule has 1 fully saturated rings. The second-order valence-electron chi connectivity index (χ2n) is 5.91. The monoisotopic (exact) mass is 341 g/mol. The number of rotatable bonds is 1. The summed E-state index contributed by atoms with van der Waals surface area (Å²) >= 11 is 0. The molecular weight excluding hydrogens is 326 g/mol. The SMILES string of the molecule is O=C1Nc2nnc(-c3ccccc3O)cc2N2CCN(C(=O)O)C[C@@H]12. The number of phenolic OH excluding ortho intramolecular Hbond substituents is 1. The highest BCUT2D eigenvalue weighted by Gasteiger charge is 2.39. The largest absolute Gasteiger partial charge is 0.507 e. The molecule has 1 aromatic heterocycles. The molecule has 9 heteroatoms. The number of amides is 2. The highest BCUT2D eigenvalue weighted by molar-refractivity contribution is 6.03. The van der Waals surface area contributed by atoms with Gasteiger partial charge in [0.05, 0.1) is 17.9 Å². The van der Waals surface area contributed by atoms with Crippen molar-refractivity contribution < 1.29 is 19.8 Å². The Hall–Kier alpha value is -3.36. The third kappa shape index (κ3) is 2.49. The predicted molar refractivity (Wildman–Crippen MR) is 88.5 cm³/mol. The lowest BCUT2D eigenvalue weighted by Crippen LogP contribution is -2.61. The number of fused-ring (bicyclic) bond motifs is 3. The number of carboxylic acid groups (broad SMARTS) is 1. The van der Waals surface area contributed by atoms with E-state index < -0.39 is 12.1 Å². The Morgan fingerprint density at radius 2 is 2.04 bits per heavy atom. The van der Waals surface area contributed by atoms with Gasteiger partial charge < -0.3 is 25.3 Å². The number of piperazine rings is 1. The average molecular weight is 341 g/mol. The van der Waals surface area contributed by atoms with Gasteiger partial charge in [-0.1, -0.05) is 12.1 Å². The minimum absolute atomic E-state index is 0.0869. The topological polar surface area (TPSA) is 119 Å². The second-order valence-corrected chi connectivity index (χ2v) is 5.91. The summed E-state index contributed by atoms with van der Waals surface area (Å²) in [6.45, 7) is 0.769. The maximum Gasteiger partial charge on any atom is 0.407 e. The van der Waals surface area contributed by atoms with Crippen LogP contribution in [0.2, 0.25) is 0 Å². The first kappa shape index (κ1) is 15.2. The lowest BCUT2D eigenvalue weighted by molar-refractivity contribution is -0.118. The number of nitrogens with zero attached hydrogens (tertiary/aromatic N) is 4. The van der Waals surface area contributed by atoms with Gasteiger partial charge in [-0.05, 0) is 18.2 Å². The number of carbonyl (C=O) groups is 2. The number of phenols is 1. The molecule has 2 aliphatic rings. The van der Waals surface area contributed by atoms with Crippen molar-refractivity contribution >= 4 is 23.5 Å². The van der Waals surface area contributed by atoms with Crippen LogP contribution in [-0.4, -0.2) is 63.0 Å². The smallest absolute Gasteiger partial charge is 0.407 e. The van der Waals surface area contributed by atoms with E-state index in [2.05, 4.69) is 15.5 Å². The number of anilines is 2. The first-order valence-electron chi connectivity index (χ1n) is 7.76. The van der Waals surface area contributed by atoms with Crippen molar-refractivity contribution in [1.82, 2.24) is 15.1 Å². The van der Waals surface area contributed by atoms with Crippen LogP contribution in [0.1, 0.15) is 0 Å². The van der Waals surface area contributed by atoms with Gasteiger partial charge in [0, 0.05) is 18.7 Å². The van der Waals surface area contributed by atoms with Gasteiger partial charge in [0.25, 0.3) is 0 Å². The summed E-state index contributed by atoms with van der Waals surface area (Å²) in [7, 11) is 0. The summed E-state index contributed by atoms with van der Waals surface area (Å²) in [6.07, 6.45) is -1.04. The third-order valence-corrected chi connectivity index (χ3v) is 4.46. The number of para-hydroxylation sites is 1. The second kappa shape index (κ2) is 5.62. The summed E-state index contributed by atoms with van der Waals surface area (Å²) in [5.74, 6) is 0.121. The summed E-state index contributed by atoms with van der Waals surface area (Å²) in [6, 6.07) is 7.93. The molecule has 2 aromatic rings. The molecule has 2 aliphatic heterocycles. The molecule has 9 nitrogen and oxygen atoms in total. The zero-order valence-corrected chi connectivity index (χ0v) is 13.1. The Kier molecular flexibility index (Phi) is 3.41. The van der Waals surface area contributed by atoms with E-state index in [1.54, 1.807) is 30.3 Å². The van der Waals surface area contributed by atoms with E-state index in [0.29, 0.717) is 35.9 Å². The van der Waals surface area contributed by atoms with Gasteiger partial charge in [-0.15, -0.1) is 10.2 Å². The molecule has 0 unspecified atom stereocenters. The highest BCUT2D eigenvalue weighted by atomic mass is 16.4. The van der Waals surface area contributed by atoms with Crippen molar-refractivity contribution in [1.29, 1.82) is 0 Å². The number of nitrogens with one attached hydrogen (secondary N) is 1. The fraction of sp³-hybridized carbons (Fsp3) is 0.250. The van der Waals surface area contributed by atoms with Gasteiger partial charge in [-0.25, -0.2) is 4.79 Å². The summed E-state index contributed by atoms with van der Waals surface area (Å²) in [4.78, 5) is 26.5. The van der Waals surface area contributed by atoms with Gasteiger partial charge in [0.2, 0.25) is 5.91 Å². The number of hydrogen-bond acceptors (Lipinski definition) is 6. The Balaban J connectivity index is 1.73. The summed E-state index contributed by atoms with van der Waals surface area (Å²) in [5.41, 5.74) is 1.69. The number of hydrogen-bond donors (Lipinski definition) is 3. The molecule has 4 rings (SSSR count). The Labute approximate surface area is 142 Å². The van der Waals surface area contributed by atoms with E-state index in [0.717, 1.165) is 0 Å². The van der Waals surface area contributed by atoms with Crippen LogP contribution in [0.3, 0.4) is 0 Å². The Morgan fingerprint density at radius 1 is 1.24 bits per heavy atom. The molecule has 0 saturated carbocycles. The molecule has 0 radical (unpaired) electrons. The zero-order valence-electron chi connectivity index (χ0n) is 13.1. The fourth-order valence-corrected chi connectivity index (χ4v) is 3.18. The maximum atomic E-state index is 12.3. The number of carbonyl (C=O) groups excluding carboxylic acids is 1. The van der Waals surface area contributed by atoms with Crippen molar-refractivity contribution in [2.24, 2.45) is 0 Å². The molecule has 0 bridgehead atoms. The van der Waals surface area contributed by atoms with Crippen molar-refractivity contribution in [2.45, 2.75) is 6.04 Å². The van der Waals surface area contributed by atoms with Crippen LogP contribution in [0.5, 0.6) is 5.75 Å². The van der Waals surface area contributed by atoms with Crippen LogP contribution in [0.4, 0.5) is 16.3 Å². The molecule has 2 amide bonds. The maximum absolute atomic E-state index is 12.3. The van der Waals surface area contributed by atoms with Gasteiger partial charge in [0.1, 0.15) is 11.8 Å². The molecule has 0 spiro atoms. The van der Waals surface area contributed by atoms with Crippen LogP contribution < -0.4 is 10.2 Å². The average Bonchev–Trinajstić information content (AvgIpc) is 2.62. The van der Waals surface area contributed by atoms with Crippen LogP contribution in [0, 0.1) is 0 Å². The lowest BCUT2D eigenvalue weighted by Gasteiger charge is -2.43.